The molecule has 0 bridgehead atoms. The summed E-state index contributed by atoms with van der Waals surface area (Å²) in [6, 6.07) is 4.20. The van der Waals surface area contributed by atoms with Crippen molar-refractivity contribution in [2.24, 2.45) is 5.92 Å². The van der Waals surface area contributed by atoms with Crippen molar-refractivity contribution in [3.63, 3.8) is 0 Å². The zero-order chi connectivity index (χ0) is 18.6. The second-order valence-electron chi connectivity index (χ2n) is 6.91. The first-order valence-corrected chi connectivity index (χ1v) is 11.0. The molecular formula is C18H27ClN2O3S. The van der Waals surface area contributed by atoms with Gasteiger partial charge in [0.1, 0.15) is 6.04 Å². The number of carbonyl (C=O) groups excluding carboxylic acids is 1. The third kappa shape index (κ3) is 5.35. The summed E-state index contributed by atoms with van der Waals surface area (Å²) in [7, 11) is -3.63. The smallest absolute Gasteiger partial charge is 0.243 e. The van der Waals surface area contributed by atoms with Crippen LogP contribution in [0.25, 0.3) is 0 Å². The molecule has 5 nitrogen and oxygen atoms in total. The molecule has 1 saturated carbocycles. The van der Waals surface area contributed by atoms with Gasteiger partial charge in [0.2, 0.25) is 15.9 Å². The summed E-state index contributed by atoms with van der Waals surface area (Å²) in [4.78, 5) is 12.6. The largest absolute Gasteiger partial charge is 0.354 e. The predicted octanol–water partition coefficient (Wildman–Crippen LogP) is 3.50. The van der Waals surface area contributed by atoms with Gasteiger partial charge in [-0.05, 0) is 50.3 Å². The van der Waals surface area contributed by atoms with E-state index in [-0.39, 0.29) is 5.91 Å². The molecule has 1 aliphatic rings. The minimum absolute atomic E-state index is 0.282. The van der Waals surface area contributed by atoms with Crippen molar-refractivity contribution in [2.75, 3.05) is 17.1 Å². The summed E-state index contributed by atoms with van der Waals surface area (Å²) in [6.45, 7) is 4.02. The first-order valence-electron chi connectivity index (χ1n) is 8.73. The van der Waals surface area contributed by atoms with Crippen molar-refractivity contribution in [3.8, 4) is 0 Å². The van der Waals surface area contributed by atoms with Crippen molar-refractivity contribution in [2.45, 2.75) is 52.0 Å². The fourth-order valence-corrected chi connectivity index (χ4v) is 4.78. The Kier molecular flexibility index (Phi) is 6.74. The molecule has 0 aliphatic heterocycles. The van der Waals surface area contributed by atoms with Gasteiger partial charge in [0.25, 0.3) is 0 Å². The van der Waals surface area contributed by atoms with Gasteiger partial charge in [0.15, 0.2) is 0 Å². The fraction of sp³-hybridized carbons (Fsp3) is 0.611. The number of nitrogens with one attached hydrogen (secondary N) is 1. The van der Waals surface area contributed by atoms with Gasteiger partial charge in [-0.3, -0.25) is 9.10 Å². The Bertz CT molecular complexity index is 715. The SMILES string of the molecule is Cc1ccc(Cl)cc1N([C@@H](C)C(=O)NCC1CCCCC1)S(C)(=O)=O. The number of nitrogens with zero attached hydrogens (tertiary/aromatic N) is 1. The summed E-state index contributed by atoms with van der Waals surface area (Å²) >= 11 is 6.04. The molecule has 140 valence electrons. The van der Waals surface area contributed by atoms with E-state index in [4.69, 9.17) is 11.6 Å². The van der Waals surface area contributed by atoms with Crippen LogP contribution in [-0.2, 0) is 14.8 Å². The number of anilines is 1. The molecule has 0 spiro atoms. The molecule has 0 radical (unpaired) electrons. The van der Waals surface area contributed by atoms with E-state index in [0.29, 0.717) is 23.2 Å². The van der Waals surface area contributed by atoms with Crippen molar-refractivity contribution >= 4 is 33.2 Å². The highest BCUT2D eigenvalue weighted by molar-refractivity contribution is 7.92. The van der Waals surface area contributed by atoms with Crippen LogP contribution in [0.4, 0.5) is 5.69 Å². The zero-order valence-electron chi connectivity index (χ0n) is 15.1. The van der Waals surface area contributed by atoms with Crippen LogP contribution in [-0.4, -0.2) is 33.2 Å². The summed E-state index contributed by atoms with van der Waals surface area (Å²) in [5.41, 5.74) is 1.19. The van der Waals surface area contributed by atoms with E-state index in [1.807, 2.05) is 0 Å². The quantitative estimate of drug-likeness (QED) is 0.813. The highest BCUT2D eigenvalue weighted by Gasteiger charge is 2.30. The maximum absolute atomic E-state index is 12.6. The van der Waals surface area contributed by atoms with Crippen molar-refractivity contribution in [1.82, 2.24) is 5.32 Å². The lowest BCUT2D eigenvalue weighted by Crippen LogP contribution is -2.49. The fourth-order valence-electron chi connectivity index (χ4n) is 3.38. The van der Waals surface area contributed by atoms with E-state index in [9.17, 15) is 13.2 Å². The number of hydrogen-bond donors (Lipinski definition) is 1. The Labute approximate surface area is 155 Å². The van der Waals surface area contributed by atoms with Crippen LogP contribution in [0.1, 0.15) is 44.6 Å². The second kappa shape index (κ2) is 8.41. The summed E-state index contributed by atoms with van der Waals surface area (Å²) in [5, 5.41) is 3.36. The molecule has 0 heterocycles. The maximum atomic E-state index is 12.6. The zero-order valence-corrected chi connectivity index (χ0v) is 16.7. The number of benzene rings is 1. The van der Waals surface area contributed by atoms with Gasteiger partial charge in [0, 0.05) is 11.6 Å². The van der Waals surface area contributed by atoms with E-state index in [2.05, 4.69) is 5.32 Å². The van der Waals surface area contributed by atoms with Crippen LogP contribution in [0.2, 0.25) is 5.02 Å². The molecule has 1 aromatic rings. The second-order valence-corrected chi connectivity index (χ2v) is 9.21. The summed E-state index contributed by atoms with van der Waals surface area (Å²) in [5.74, 6) is 0.208. The highest BCUT2D eigenvalue weighted by atomic mass is 35.5. The number of carbonyl (C=O) groups is 1. The number of amides is 1. The van der Waals surface area contributed by atoms with E-state index in [1.165, 1.54) is 19.3 Å². The maximum Gasteiger partial charge on any atom is 0.243 e. The summed E-state index contributed by atoms with van der Waals surface area (Å²) < 4.78 is 25.9. The highest BCUT2D eigenvalue weighted by Crippen LogP contribution is 2.28. The number of sulfonamides is 1. The third-order valence-corrected chi connectivity index (χ3v) is 6.25. The molecule has 2 rings (SSSR count). The van der Waals surface area contributed by atoms with Crippen molar-refractivity contribution in [3.05, 3.63) is 28.8 Å². The number of halogens is 1. The summed E-state index contributed by atoms with van der Waals surface area (Å²) in [6.07, 6.45) is 7.02. The average molecular weight is 387 g/mol. The van der Waals surface area contributed by atoms with Gasteiger partial charge in [-0.1, -0.05) is 36.9 Å². The Morgan fingerprint density at radius 3 is 2.56 bits per heavy atom. The van der Waals surface area contributed by atoms with E-state index < -0.39 is 16.1 Å². The van der Waals surface area contributed by atoms with Crippen molar-refractivity contribution < 1.29 is 13.2 Å². The van der Waals surface area contributed by atoms with Crippen LogP contribution in [0.3, 0.4) is 0 Å². The van der Waals surface area contributed by atoms with E-state index in [0.717, 1.165) is 29.0 Å². The average Bonchev–Trinajstić information content (AvgIpc) is 2.55. The van der Waals surface area contributed by atoms with E-state index >= 15 is 0 Å². The predicted molar refractivity (Wildman–Crippen MR) is 103 cm³/mol. The van der Waals surface area contributed by atoms with E-state index in [1.54, 1.807) is 32.0 Å². The monoisotopic (exact) mass is 386 g/mol. The van der Waals surface area contributed by atoms with Gasteiger partial charge in [-0.25, -0.2) is 8.42 Å². The Hall–Kier alpha value is -1.27. The van der Waals surface area contributed by atoms with Gasteiger partial charge < -0.3 is 5.32 Å². The van der Waals surface area contributed by atoms with Crippen LogP contribution >= 0.6 is 11.6 Å². The Morgan fingerprint density at radius 2 is 1.96 bits per heavy atom. The van der Waals surface area contributed by atoms with Crippen LogP contribution in [0, 0.1) is 12.8 Å². The molecule has 1 amide bonds. The van der Waals surface area contributed by atoms with Gasteiger partial charge in [0.05, 0.1) is 11.9 Å². The topological polar surface area (TPSA) is 66.5 Å². The molecule has 0 aromatic heterocycles. The molecular weight excluding hydrogens is 360 g/mol. The number of aryl methyl sites for hydroxylation is 1. The minimum atomic E-state index is -3.63. The number of hydrogen-bond acceptors (Lipinski definition) is 3. The molecule has 25 heavy (non-hydrogen) atoms. The van der Waals surface area contributed by atoms with Crippen LogP contribution < -0.4 is 9.62 Å². The van der Waals surface area contributed by atoms with Gasteiger partial charge in [-0.15, -0.1) is 0 Å². The Morgan fingerprint density at radius 1 is 1.32 bits per heavy atom. The standard InChI is InChI=1S/C18H27ClN2O3S/c1-13-9-10-16(19)11-17(13)21(25(3,23)24)14(2)18(22)20-12-15-7-5-4-6-8-15/h9-11,14-15H,4-8,12H2,1-3H3,(H,20,22)/t14-/m0/s1. The minimum Gasteiger partial charge on any atom is -0.354 e. The molecule has 7 heteroatoms. The third-order valence-electron chi connectivity index (χ3n) is 4.79. The van der Waals surface area contributed by atoms with Gasteiger partial charge in [-0.2, -0.15) is 0 Å². The molecule has 1 fully saturated rings. The molecule has 1 N–H and O–H groups in total. The Balaban J connectivity index is 2.16. The molecule has 1 aliphatic carbocycles. The number of rotatable bonds is 6. The van der Waals surface area contributed by atoms with Crippen molar-refractivity contribution in [1.29, 1.82) is 0 Å². The van der Waals surface area contributed by atoms with Gasteiger partial charge >= 0.3 is 0 Å². The molecule has 1 atom stereocenters. The van der Waals surface area contributed by atoms with Crippen LogP contribution in [0.5, 0.6) is 0 Å². The molecule has 0 unspecified atom stereocenters. The normalized spacial score (nSPS) is 17.1. The first kappa shape index (κ1) is 20.0. The lowest BCUT2D eigenvalue weighted by molar-refractivity contribution is -0.122. The first-order chi connectivity index (χ1) is 11.7. The lowest BCUT2D eigenvalue weighted by Gasteiger charge is -2.30. The van der Waals surface area contributed by atoms with Crippen LogP contribution in [0.15, 0.2) is 18.2 Å². The molecule has 0 saturated heterocycles. The lowest BCUT2D eigenvalue weighted by atomic mass is 9.89. The molecule has 1 aromatic carbocycles.